The van der Waals surface area contributed by atoms with Crippen molar-refractivity contribution >= 4 is 40.0 Å². The van der Waals surface area contributed by atoms with Gasteiger partial charge in [0.25, 0.3) is 5.56 Å². The summed E-state index contributed by atoms with van der Waals surface area (Å²) < 4.78 is 20.6. The minimum atomic E-state index is -0.831. The van der Waals surface area contributed by atoms with E-state index in [1.807, 2.05) is 77.5 Å². The molecule has 3 aromatic carbocycles. The quantitative estimate of drug-likeness (QED) is 0.276. The van der Waals surface area contributed by atoms with Gasteiger partial charge in [-0.15, -0.1) is 0 Å². The Hall–Kier alpha value is -5.40. The standard InChI is InChI=1S/C33H24N4O5S/c1-2-40-32(39)28-29(20-8-4-3-5-9-20)35-33-37(30(28)21-12-13-25-26(16-21)42-19-41-25)31(38)27(43-33)17-22-18-36(15-14-34)24-11-7-6-10-23(22)24/h3-13,16-18,30H,2,15,19H2,1H3/b27-17-/t30-/m0/s1. The fraction of sp³-hybridized carbons (Fsp3) is 0.152. The number of benzene rings is 3. The Balaban J connectivity index is 1.51. The smallest absolute Gasteiger partial charge is 0.338 e. The third-order valence-corrected chi connectivity index (χ3v) is 8.42. The van der Waals surface area contributed by atoms with Crippen LogP contribution in [-0.4, -0.2) is 28.5 Å². The number of nitriles is 1. The summed E-state index contributed by atoms with van der Waals surface area (Å²) in [5, 5.41) is 10.3. The summed E-state index contributed by atoms with van der Waals surface area (Å²) in [7, 11) is 0. The number of carbonyl (C=O) groups excluding carboxylic acids is 1. The lowest BCUT2D eigenvalue weighted by molar-refractivity contribution is -0.138. The third kappa shape index (κ3) is 4.51. The van der Waals surface area contributed by atoms with Crippen molar-refractivity contribution in [3.8, 4) is 17.6 Å². The molecule has 0 bridgehead atoms. The van der Waals surface area contributed by atoms with Gasteiger partial charge in [-0.2, -0.15) is 5.26 Å². The second-order valence-corrected chi connectivity index (χ2v) is 10.9. The van der Waals surface area contributed by atoms with Crippen LogP contribution in [0, 0.1) is 11.3 Å². The zero-order valence-electron chi connectivity index (χ0n) is 23.0. The monoisotopic (exact) mass is 588 g/mol. The minimum absolute atomic E-state index is 0.0940. The van der Waals surface area contributed by atoms with Crippen molar-refractivity contribution in [2.75, 3.05) is 13.4 Å². The molecule has 2 aliphatic heterocycles. The highest BCUT2D eigenvalue weighted by molar-refractivity contribution is 7.07. The number of aromatic nitrogens is 2. The van der Waals surface area contributed by atoms with Crippen LogP contribution >= 0.6 is 11.3 Å². The second kappa shape index (κ2) is 10.8. The molecule has 0 amide bonds. The average molecular weight is 589 g/mol. The Kier molecular flexibility index (Phi) is 6.64. The van der Waals surface area contributed by atoms with Crippen LogP contribution in [0.3, 0.4) is 0 Å². The van der Waals surface area contributed by atoms with Gasteiger partial charge in [0, 0.05) is 28.2 Å². The van der Waals surface area contributed by atoms with Gasteiger partial charge in [0.2, 0.25) is 6.79 Å². The van der Waals surface area contributed by atoms with Crippen LogP contribution in [0.1, 0.15) is 29.7 Å². The van der Waals surface area contributed by atoms with E-state index in [1.165, 1.54) is 11.3 Å². The first-order valence-corrected chi connectivity index (χ1v) is 14.5. The second-order valence-electron chi connectivity index (χ2n) is 9.93. The summed E-state index contributed by atoms with van der Waals surface area (Å²) in [4.78, 5) is 33.3. The van der Waals surface area contributed by atoms with Crippen LogP contribution < -0.4 is 24.4 Å². The van der Waals surface area contributed by atoms with Crippen molar-refractivity contribution in [3.63, 3.8) is 0 Å². The van der Waals surface area contributed by atoms with Crippen LogP contribution in [0.4, 0.5) is 0 Å². The number of nitrogens with zero attached hydrogens (tertiary/aromatic N) is 4. The van der Waals surface area contributed by atoms with Gasteiger partial charge in [0.1, 0.15) is 6.54 Å². The van der Waals surface area contributed by atoms with E-state index in [0.29, 0.717) is 32.1 Å². The van der Waals surface area contributed by atoms with Crippen LogP contribution in [0.25, 0.3) is 22.7 Å². The minimum Gasteiger partial charge on any atom is -0.463 e. The van der Waals surface area contributed by atoms with Gasteiger partial charge in [-0.05, 0) is 36.8 Å². The zero-order chi connectivity index (χ0) is 29.5. The number of fused-ring (bicyclic) bond motifs is 3. The Morgan fingerprint density at radius 2 is 1.91 bits per heavy atom. The number of para-hydroxylation sites is 1. The van der Waals surface area contributed by atoms with Crippen LogP contribution in [0.5, 0.6) is 11.5 Å². The summed E-state index contributed by atoms with van der Waals surface area (Å²) in [5.41, 5.74) is 3.51. The SMILES string of the molecule is CCOC(=O)C1=C(c2ccccc2)N=c2s/c(=C\c3cn(CC#N)c4ccccc34)c(=O)n2[C@H]1c1ccc2c(c1)OCO2. The van der Waals surface area contributed by atoms with E-state index in [4.69, 9.17) is 19.2 Å². The largest absolute Gasteiger partial charge is 0.463 e. The molecule has 5 aromatic rings. The Morgan fingerprint density at radius 3 is 2.72 bits per heavy atom. The van der Waals surface area contributed by atoms with Gasteiger partial charge in [-0.25, -0.2) is 9.79 Å². The molecule has 0 unspecified atom stereocenters. The van der Waals surface area contributed by atoms with Gasteiger partial charge >= 0.3 is 5.97 Å². The highest BCUT2D eigenvalue weighted by atomic mass is 32.1. The van der Waals surface area contributed by atoms with Gasteiger partial charge < -0.3 is 18.8 Å². The first kappa shape index (κ1) is 26.5. The summed E-state index contributed by atoms with van der Waals surface area (Å²) in [5.74, 6) is 0.572. The fourth-order valence-electron chi connectivity index (χ4n) is 5.58. The topological polar surface area (TPSA) is 108 Å². The van der Waals surface area contributed by atoms with E-state index >= 15 is 0 Å². The molecule has 0 spiro atoms. The van der Waals surface area contributed by atoms with Crippen molar-refractivity contribution in [2.45, 2.75) is 19.5 Å². The number of hydrogen-bond acceptors (Lipinski definition) is 8. The predicted molar refractivity (Wildman–Crippen MR) is 161 cm³/mol. The lowest BCUT2D eigenvalue weighted by atomic mass is 9.93. The molecule has 4 heterocycles. The Morgan fingerprint density at radius 1 is 1.12 bits per heavy atom. The molecule has 2 aromatic heterocycles. The molecule has 0 fully saturated rings. The van der Waals surface area contributed by atoms with Crippen molar-refractivity contribution in [2.24, 2.45) is 4.99 Å². The molecule has 0 aliphatic carbocycles. The first-order valence-electron chi connectivity index (χ1n) is 13.7. The number of thiazole rings is 1. The summed E-state index contributed by atoms with van der Waals surface area (Å²) in [6.07, 6.45) is 3.70. The summed E-state index contributed by atoms with van der Waals surface area (Å²) in [6.45, 7) is 2.18. The summed E-state index contributed by atoms with van der Waals surface area (Å²) >= 11 is 1.25. The first-order chi connectivity index (χ1) is 21.1. The zero-order valence-corrected chi connectivity index (χ0v) is 23.8. The fourth-order valence-corrected chi connectivity index (χ4v) is 6.57. The lowest BCUT2D eigenvalue weighted by Gasteiger charge is -2.26. The molecule has 0 radical (unpaired) electrons. The molecular weight excluding hydrogens is 564 g/mol. The molecule has 1 atom stereocenters. The molecule has 43 heavy (non-hydrogen) atoms. The van der Waals surface area contributed by atoms with E-state index < -0.39 is 12.0 Å². The predicted octanol–water partition coefficient (Wildman–Crippen LogP) is 4.14. The molecule has 2 aliphatic rings. The molecule has 0 saturated carbocycles. The highest BCUT2D eigenvalue weighted by Crippen LogP contribution is 2.40. The van der Waals surface area contributed by atoms with Gasteiger partial charge in [-0.3, -0.25) is 9.36 Å². The molecule has 0 saturated heterocycles. The van der Waals surface area contributed by atoms with Crippen LogP contribution in [0.15, 0.2) is 94.4 Å². The van der Waals surface area contributed by atoms with E-state index in [0.717, 1.165) is 22.0 Å². The van der Waals surface area contributed by atoms with E-state index in [9.17, 15) is 14.9 Å². The van der Waals surface area contributed by atoms with E-state index in [1.54, 1.807) is 23.6 Å². The number of ether oxygens (including phenoxy) is 3. The normalized spacial score (nSPS) is 15.7. The van der Waals surface area contributed by atoms with E-state index in [-0.39, 0.29) is 31.1 Å². The third-order valence-electron chi connectivity index (χ3n) is 7.43. The van der Waals surface area contributed by atoms with Crippen molar-refractivity contribution in [3.05, 3.63) is 121 Å². The van der Waals surface area contributed by atoms with E-state index in [2.05, 4.69) is 6.07 Å². The van der Waals surface area contributed by atoms with Crippen molar-refractivity contribution in [1.29, 1.82) is 5.26 Å². The maximum absolute atomic E-state index is 14.3. The number of carbonyl (C=O) groups is 1. The van der Waals surface area contributed by atoms with Crippen LogP contribution in [0.2, 0.25) is 0 Å². The summed E-state index contributed by atoms with van der Waals surface area (Å²) in [6, 6.07) is 23.9. The molecular formula is C33H24N4O5S. The number of rotatable bonds is 6. The molecule has 9 nitrogen and oxygen atoms in total. The molecule has 10 heteroatoms. The highest BCUT2D eigenvalue weighted by Gasteiger charge is 2.36. The molecule has 212 valence electrons. The Labute approximate surface area is 249 Å². The number of hydrogen-bond donors (Lipinski definition) is 0. The maximum Gasteiger partial charge on any atom is 0.338 e. The number of esters is 1. The van der Waals surface area contributed by atoms with Crippen molar-refractivity contribution < 1.29 is 19.0 Å². The van der Waals surface area contributed by atoms with Crippen LogP contribution in [-0.2, 0) is 16.1 Å². The molecule has 7 rings (SSSR count). The van der Waals surface area contributed by atoms with Gasteiger partial charge in [-0.1, -0.05) is 65.9 Å². The molecule has 0 N–H and O–H groups in total. The van der Waals surface area contributed by atoms with Crippen molar-refractivity contribution in [1.82, 2.24) is 9.13 Å². The maximum atomic E-state index is 14.3. The van der Waals surface area contributed by atoms with Gasteiger partial charge in [0.05, 0.1) is 34.5 Å². The Bertz CT molecular complexity index is 2170. The average Bonchev–Trinajstić information content (AvgIpc) is 3.73. The lowest BCUT2D eigenvalue weighted by Crippen LogP contribution is -2.40. The van der Waals surface area contributed by atoms with Gasteiger partial charge in [0.15, 0.2) is 16.3 Å².